The fourth-order valence-corrected chi connectivity index (χ4v) is 18.0. The molecule has 2 N–H and O–H groups in total. The van der Waals surface area contributed by atoms with Crippen LogP contribution >= 0.6 is 0 Å². The minimum atomic E-state index is -2.07. The largest absolute Gasteiger partial charge is 0.543 e. The lowest BCUT2D eigenvalue weighted by Gasteiger charge is -2.42. The highest BCUT2D eigenvalue weighted by Crippen LogP contribution is 2.45. The molecule has 0 saturated carbocycles. The van der Waals surface area contributed by atoms with Crippen LogP contribution in [0.5, 0.6) is 11.5 Å². The van der Waals surface area contributed by atoms with Gasteiger partial charge in [-0.25, -0.2) is 0 Å². The smallest absolute Gasteiger partial charge is 0.258 e. The Balaban J connectivity index is 2.45. The van der Waals surface area contributed by atoms with Gasteiger partial charge in [-0.3, -0.25) is 0 Å². The van der Waals surface area contributed by atoms with Gasteiger partial charge < -0.3 is 19.1 Å². The van der Waals surface area contributed by atoms with Gasteiger partial charge >= 0.3 is 0 Å². The van der Waals surface area contributed by atoms with E-state index in [0.717, 1.165) is 22.6 Å². The van der Waals surface area contributed by atoms with Crippen LogP contribution in [0.1, 0.15) is 107 Å². The molecule has 0 heterocycles. The molecule has 6 heteroatoms. The number of aliphatic hydroxyl groups excluding tert-OH is 1. The third-order valence-corrected chi connectivity index (χ3v) is 21.4. The summed E-state index contributed by atoms with van der Waals surface area (Å²) in [5.41, 5.74) is 3.31. The molecule has 0 aliphatic heterocycles. The van der Waals surface area contributed by atoms with Crippen LogP contribution in [0.3, 0.4) is 0 Å². The Labute approximate surface area is 247 Å². The van der Waals surface area contributed by atoms with Crippen LogP contribution in [-0.2, 0) is 5.60 Å². The molecule has 226 valence electrons. The van der Waals surface area contributed by atoms with Crippen LogP contribution < -0.4 is 8.85 Å². The first-order valence-electron chi connectivity index (χ1n) is 15.5. The summed E-state index contributed by atoms with van der Waals surface area (Å²) in [5, 5.41) is 21.7. The molecule has 0 amide bonds. The molecule has 0 radical (unpaired) electrons. The average molecular weight is 587 g/mol. The second-order valence-electron chi connectivity index (χ2n) is 13.6. The van der Waals surface area contributed by atoms with Crippen LogP contribution in [0.4, 0.5) is 0 Å². The first kappa shape index (κ1) is 34.6. The van der Waals surface area contributed by atoms with E-state index in [0.29, 0.717) is 46.1 Å². The molecule has 0 saturated heterocycles. The zero-order valence-electron chi connectivity index (χ0n) is 27.4. The van der Waals surface area contributed by atoms with Crippen LogP contribution in [0.15, 0.2) is 48.5 Å². The maximum Gasteiger partial charge on any atom is 0.258 e. The van der Waals surface area contributed by atoms with Gasteiger partial charge in [0.1, 0.15) is 17.1 Å². The van der Waals surface area contributed by atoms with Gasteiger partial charge in [0, 0.05) is 6.61 Å². The number of aliphatic hydroxyl groups is 2. The minimum Gasteiger partial charge on any atom is -0.543 e. The molecule has 0 aromatic heterocycles. The lowest BCUT2D eigenvalue weighted by atomic mass is 9.82. The Bertz CT molecular complexity index is 906. The van der Waals surface area contributed by atoms with E-state index < -0.39 is 22.2 Å². The van der Waals surface area contributed by atoms with Crippen molar-refractivity contribution in [1.29, 1.82) is 0 Å². The third-order valence-electron chi connectivity index (χ3n) is 9.36. The molecule has 4 nitrogen and oxygen atoms in total. The molecule has 2 rings (SSSR count). The first-order chi connectivity index (χ1) is 18.6. The van der Waals surface area contributed by atoms with Crippen LogP contribution in [-0.4, -0.2) is 33.5 Å². The maximum atomic E-state index is 12.1. The highest BCUT2D eigenvalue weighted by atomic mass is 28.4. The predicted octanol–water partition coefficient (Wildman–Crippen LogP) is 9.80. The second-order valence-corrected chi connectivity index (χ2v) is 24.3. The van der Waals surface area contributed by atoms with Gasteiger partial charge in [0.05, 0.1) is 0 Å². The summed E-state index contributed by atoms with van der Waals surface area (Å²) in [6.07, 6.45) is 0.927. The number of benzene rings is 2. The molecule has 2 aromatic carbocycles. The fourth-order valence-electron chi connectivity index (χ4n) is 7.50. The highest BCUT2D eigenvalue weighted by Gasteiger charge is 2.48. The van der Waals surface area contributed by atoms with Crippen molar-refractivity contribution in [3.05, 3.63) is 59.7 Å². The van der Waals surface area contributed by atoms with Gasteiger partial charge in [0.2, 0.25) is 0 Å². The molecule has 0 unspecified atom stereocenters. The Kier molecular flexibility index (Phi) is 12.1. The van der Waals surface area contributed by atoms with Crippen molar-refractivity contribution in [3.8, 4) is 11.5 Å². The summed E-state index contributed by atoms with van der Waals surface area (Å²) in [6, 6.07) is 16.0. The monoisotopic (exact) mass is 586 g/mol. The van der Waals surface area contributed by atoms with E-state index in [9.17, 15) is 10.2 Å². The van der Waals surface area contributed by atoms with Crippen LogP contribution in [0.25, 0.3) is 0 Å². The topological polar surface area (TPSA) is 58.9 Å². The van der Waals surface area contributed by atoms with Crippen LogP contribution in [0.2, 0.25) is 33.2 Å². The van der Waals surface area contributed by atoms with E-state index in [1.165, 1.54) is 0 Å². The molecular formula is C34H58O4Si2. The third kappa shape index (κ3) is 6.88. The van der Waals surface area contributed by atoms with Crippen molar-refractivity contribution in [1.82, 2.24) is 0 Å². The molecule has 2 aromatic rings. The van der Waals surface area contributed by atoms with E-state index in [1.807, 2.05) is 48.5 Å². The molecular weight excluding hydrogens is 529 g/mol. The Morgan fingerprint density at radius 3 is 1.05 bits per heavy atom. The summed E-state index contributed by atoms with van der Waals surface area (Å²) < 4.78 is 13.7. The first-order valence-corrected chi connectivity index (χ1v) is 19.8. The van der Waals surface area contributed by atoms with Crippen molar-refractivity contribution in [2.75, 3.05) is 6.61 Å². The average Bonchev–Trinajstić information content (AvgIpc) is 2.88. The minimum absolute atomic E-state index is 0.0290. The maximum absolute atomic E-state index is 12.1. The SMILES string of the molecule is CC(C)[Si](Oc1ccc(C(O)(CCCO)c2ccc(O[Si](C(C)C)(C(C)C)C(C)C)cc2)cc1)(C(C)C)C(C)C. The van der Waals surface area contributed by atoms with Gasteiger partial charge in [-0.15, -0.1) is 0 Å². The summed E-state index contributed by atoms with van der Waals surface area (Å²) >= 11 is 0. The van der Waals surface area contributed by atoms with Crippen molar-refractivity contribution in [3.63, 3.8) is 0 Å². The van der Waals surface area contributed by atoms with Crippen molar-refractivity contribution in [2.45, 2.75) is 135 Å². The van der Waals surface area contributed by atoms with Crippen molar-refractivity contribution < 1.29 is 19.1 Å². The summed E-state index contributed by atoms with van der Waals surface area (Å²) in [6.45, 7) is 27.5. The molecule has 0 bridgehead atoms. The molecule has 0 fully saturated rings. The standard InChI is InChI=1S/C34H58O4Si2/c1-24(2)39(25(3)4,26(5)6)37-32-18-14-30(15-19-32)34(36,22-13-23-35)31-16-20-33(21-17-31)38-40(27(7)8,28(9)10)29(11)12/h14-21,24-29,35-36H,13,22-23H2,1-12H3. The molecule has 40 heavy (non-hydrogen) atoms. The summed E-state index contributed by atoms with van der Waals surface area (Å²) in [4.78, 5) is 0. The lowest BCUT2D eigenvalue weighted by molar-refractivity contribution is 0.0625. The van der Waals surface area contributed by atoms with Crippen molar-refractivity contribution >= 4 is 16.6 Å². The lowest BCUT2D eigenvalue weighted by Crippen LogP contribution is -2.50. The van der Waals surface area contributed by atoms with E-state index in [-0.39, 0.29) is 6.61 Å². The number of hydrogen-bond acceptors (Lipinski definition) is 4. The fraction of sp³-hybridized carbons (Fsp3) is 0.647. The Hall–Kier alpha value is -1.61. The predicted molar refractivity (Wildman–Crippen MR) is 176 cm³/mol. The van der Waals surface area contributed by atoms with E-state index >= 15 is 0 Å². The zero-order valence-corrected chi connectivity index (χ0v) is 29.4. The molecule has 0 atom stereocenters. The Morgan fingerprint density at radius 2 is 0.825 bits per heavy atom. The number of rotatable bonds is 15. The van der Waals surface area contributed by atoms with E-state index in [4.69, 9.17) is 8.85 Å². The van der Waals surface area contributed by atoms with Gasteiger partial charge in [0.25, 0.3) is 16.6 Å². The number of hydrogen-bond donors (Lipinski definition) is 2. The van der Waals surface area contributed by atoms with Crippen LogP contribution in [0, 0.1) is 0 Å². The highest BCUT2D eigenvalue weighted by molar-refractivity contribution is 6.78. The quantitative estimate of drug-likeness (QED) is 0.204. The summed E-state index contributed by atoms with van der Waals surface area (Å²) in [5.74, 6) is 1.74. The Morgan fingerprint density at radius 1 is 0.550 bits per heavy atom. The van der Waals surface area contributed by atoms with Gasteiger partial charge in [-0.2, -0.15) is 0 Å². The van der Waals surface area contributed by atoms with Crippen molar-refractivity contribution in [2.24, 2.45) is 0 Å². The second kappa shape index (κ2) is 14.0. The summed E-state index contributed by atoms with van der Waals surface area (Å²) in [7, 11) is -4.15. The molecule has 0 spiro atoms. The zero-order chi connectivity index (χ0) is 30.5. The van der Waals surface area contributed by atoms with E-state index in [2.05, 4.69) is 83.1 Å². The normalized spacial score (nSPS) is 13.4. The van der Waals surface area contributed by atoms with Gasteiger partial charge in [-0.1, -0.05) is 107 Å². The van der Waals surface area contributed by atoms with Gasteiger partial charge in [0.15, 0.2) is 0 Å². The van der Waals surface area contributed by atoms with Gasteiger partial charge in [-0.05, 0) is 81.5 Å². The molecule has 0 aliphatic carbocycles. The molecule has 0 aliphatic rings. The van der Waals surface area contributed by atoms with E-state index in [1.54, 1.807) is 0 Å².